The number of nitrogens with one attached hydrogen (secondary N) is 2. The summed E-state index contributed by atoms with van der Waals surface area (Å²) < 4.78 is 4.94. The number of carbonyl (C=O) groups is 4. The van der Waals surface area contributed by atoms with Gasteiger partial charge in [-0.25, -0.2) is 4.79 Å². The van der Waals surface area contributed by atoms with Crippen molar-refractivity contribution in [2.24, 2.45) is 5.73 Å². The third-order valence-corrected chi connectivity index (χ3v) is 2.87. The number of ketones is 1. The third-order valence-electron chi connectivity index (χ3n) is 2.87. The minimum atomic E-state index is -1.05. The zero-order valence-corrected chi connectivity index (χ0v) is 12.9. The number of hydrogen-bond acceptors (Lipinski definition) is 5. The van der Waals surface area contributed by atoms with Crippen molar-refractivity contribution in [1.82, 2.24) is 5.32 Å². The van der Waals surface area contributed by atoms with Crippen LogP contribution in [-0.4, -0.2) is 36.3 Å². The monoisotopic (exact) mass is 321 g/mol. The topological polar surface area (TPSA) is 128 Å². The third kappa shape index (κ3) is 6.16. The van der Waals surface area contributed by atoms with Crippen LogP contribution >= 0.6 is 0 Å². The maximum absolute atomic E-state index is 12.0. The molecule has 8 heteroatoms. The van der Waals surface area contributed by atoms with Crippen LogP contribution in [-0.2, 0) is 14.3 Å². The summed E-state index contributed by atoms with van der Waals surface area (Å²) in [7, 11) is 0. The first kappa shape index (κ1) is 18.1. The number of ether oxygens (including phenoxy) is 1. The van der Waals surface area contributed by atoms with Crippen molar-refractivity contribution >= 4 is 29.4 Å². The fourth-order valence-corrected chi connectivity index (χ4v) is 1.73. The van der Waals surface area contributed by atoms with E-state index >= 15 is 0 Å². The lowest BCUT2D eigenvalue weighted by atomic mass is 10.1. The standard InChI is InChI=1S/C15H19N3O5/c1-9(19)11-5-3-4-6-12(11)18-14(21)10(2)23-13(20)7-8-17-15(16)22/h3-6,10H,7-8H2,1-2H3,(H,18,21)(H3,16,17,22)/t10-/m1/s1. The van der Waals surface area contributed by atoms with Gasteiger partial charge in [0.25, 0.3) is 5.91 Å². The molecule has 1 atom stereocenters. The van der Waals surface area contributed by atoms with Crippen molar-refractivity contribution in [2.45, 2.75) is 26.4 Å². The Labute approximate surface area is 133 Å². The zero-order valence-electron chi connectivity index (χ0n) is 12.9. The molecule has 0 fully saturated rings. The Morgan fingerprint density at radius 1 is 1.22 bits per heavy atom. The zero-order chi connectivity index (χ0) is 17.4. The van der Waals surface area contributed by atoms with Crippen LogP contribution in [0.3, 0.4) is 0 Å². The molecule has 23 heavy (non-hydrogen) atoms. The van der Waals surface area contributed by atoms with E-state index in [2.05, 4.69) is 10.6 Å². The average molecular weight is 321 g/mol. The van der Waals surface area contributed by atoms with Crippen molar-refractivity contribution in [2.75, 3.05) is 11.9 Å². The van der Waals surface area contributed by atoms with Crippen molar-refractivity contribution < 1.29 is 23.9 Å². The van der Waals surface area contributed by atoms with Crippen LogP contribution in [0.1, 0.15) is 30.6 Å². The molecule has 124 valence electrons. The summed E-state index contributed by atoms with van der Waals surface area (Å²) in [6.45, 7) is 2.82. The van der Waals surface area contributed by atoms with Gasteiger partial charge in [0.2, 0.25) is 0 Å². The van der Waals surface area contributed by atoms with Crippen LogP contribution in [0.2, 0.25) is 0 Å². The van der Waals surface area contributed by atoms with Gasteiger partial charge in [-0.15, -0.1) is 0 Å². The molecular formula is C15H19N3O5. The van der Waals surface area contributed by atoms with Crippen LogP contribution in [0, 0.1) is 0 Å². The highest BCUT2D eigenvalue weighted by molar-refractivity contribution is 6.04. The van der Waals surface area contributed by atoms with E-state index in [0.717, 1.165) is 0 Å². The average Bonchev–Trinajstić information content (AvgIpc) is 2.46. The Balaban J connectivity index is 2.56. The lowest BCUT2D eigenvalue weighted by Crippen LogP contribution is -2.34. The number of para-hydroxylation sites is 1. The van der Waals surface area contributed by atoms with Gasteiger partial charge in [-0.05, 0) is 26.0 Å². The Morgan fingerprint density at radius 2 is 1.87 bits per heavy atom. The molecule has 0 unspecified atom stereocenters. The van der Waals surface area contributed by atoms with E-state index in [1.54, 1.807) is 24.3 Å². The molecule has 0 heterocycles. The highest BCUT2D eigenvalue weighted by Gasteiger charge is 2.19. The number of urea groups is 1. The number of nitrogens with two attached hydrogens (primary N) is 1. The Morgan fingerprint density at radius 3 is 2.48 bits per heavy atom. The van der Waals surface area contributed by atoms with Crippen molar-refractivity contribution in [3.05, 3.63) is 29.8 Å². The SMILES string of the molecule is CC(=O)c1ccccc1NC(=O)[C@@H](C)OC(=O)CCNC(N)=O. The second-order valence-electron chi connectivity index (χ2n) is 4.76. The quantitative estimate of drug-likeness (QED) is 0.506. The van der Waals surface area contributed by atoms with E-state index in [9.17, 15) is 19.2 Å². The highest BCUT2D eigenvalue weighted by atomic mass is 16.5. The number of amides is 3. The summed E-state index contributed by atoms with van der Waals surface area (Å²) in [4.78, 5) is 45.5. The maximum Gasteiger partial charge on any atom is 0.312 e. The van der Waals surface area contributed by atoms with Gasteiger partial charge in [-0.3, -0.25) is 14.4 Å². The van der Waals surface area contributed by atoms with Crippen LogP contribution in [0.15, 0.2) is 24.3 Å². The van der Waals surface area contributed by atoms with Gasteiger partial charge in [0, 0.05) is 12.1 Å². The predicted octanol–water partition coefficient (Wildman–Crippen LogP) is 0.818. The number of esters is 1. The minimum Gasteiger partial charge on any atom is -0.452 e. The van der Waals surface area contributed by atoms with Gasteiger partial charge in [-0.1, -0.05) is 12.1 Å². The fraction of sp³-hybridized carbons (Fsp3) is 0.333. The molecule has 1 aromatic carbocycles. The fourth-order valence-electron chi connectivity index (χ4n) is 1.73. The molecule has 0 aliphatic rings. The lowest BCUT2D eigenvalue weighted by Gasteiger charge is -2.15. The van der Waals surface area contributed by atoms with Gasteiger partial charge >= 0.3 is 12.0 Å². The molecular weight excluding hydrogens is 302 g/mol. The molecule has 8 nitrogen and oxygen atoms in total. The summed E-state index contributed by atoms with van der Waals surface area (Å²) in [6.07, 6.45) is -1.15. The van der Waals surface area contributed by atoms with Crippen LogP contribution in [0.4, 0.5) is 10.5 Å². The molecule has 0 aliphatic heterocycles. The van der Waals surface area contributed by atoms with Crippen molar-refractivity contribution in [1.29, 1.82) is 0 Å². The van der Waals surface area contributed by atoms with Gasteiger partial charge in [0.15, 0.2) is 11.9 Å². The van der Waals surface area contributed by atoms with Gasteiger partial charge in [-0.2, -0.15) is 0 Å². The Hall–Kier alpha value is -2.90. The molecule has 0 saturated heterocycles. The van der Waals surface area contributed by atoms with E-state index in [0.29, 0.717) is 11.3 Å². The summed E-state index contributed by atoms with van der Waals surface area (Å²) in [5.41, 5.74) is 5.57. The van der Waals surface area contributed by atoms with E-state index in [4.69, 9.17) is 10.5 Å². The van der Waals surface area contributed by atoms with E-state index in [-0.39, 0.29) is 18.7 Å². The Kier molecular flexibility index (Phi) is 6.72. The first-order valence-corrected chi connectivity index (χ1v) is 6.95. The Bertz CT molecular complexity index is 615. The summed E-state index contributed by atoms with van der Waals surface area (Å²) >= 11 is 0. The molecule has 0 aromatic heterocycles. The number of rotatable bonds is 7. The minimum absolute atomic E-state index is 0.0235. The first-order chi connectivity index (χ1) is 10.8. The largest absolute Gasteiger partial charge is 0.452 e. The van der Waals surface area contributed by atoms with E-state index in [1.807, 2.05) is 0 Å². The van der Waals surface area contributed by atoms with Crippen LogP contribution in [0.25, 0.3) is 0 Å². The van der Waals surface area contributed by atoms with Gasteiger partial charge in [0.05, 0.1) is 12.1 Å². The number of anilines is 1. The second-order valence-corrected chi connectivity index (χ2v) is 4.76. The maximum atomic E-state index is 12.0. The highest BCUT2D eigenvalue weighted by Crippen LogP contribution is 2.16. The van der Waals surface area contributed by atoms with Crippen molar-refractivity contribution in [3.63, 3.8) is 0 Å². The molecule has 0 saturated carbocycles. The molecule has 1 rings (SSSR count). The summed E-state index contributed by atoms with van der Waals surface area (Å²) in [5.74, 6) is -1.40. The predicted molar refractivity (Wildman–Crippen MR) is 82.8 cm³/mol. The van der Waals surface area contributed by atoms with Gasteiger partial charge < -0.3 is 21.1 Å². The molecule has 4 N–H and O–H groups in total. The second kappa shape index (κ2) is 8.52. The summed E-state index contributed by atoms with van der Waals surface area (Å²) in [6, 6.07) is 5.78. The molecule has 0 spiro atoms. The van der Waals surface area contributed by atoms with Gasteiger partial charge in [0.1, 0.15) is 0 Å². The van der Waals surface area contributed by atoms with Crippen LogP contribution in [0.5, 0.6) is 0 Å². The number of Topliss-reactive ketones (excluding diaryl/α,β-unsaturated/α-hetero) is 1. The lowest BCUT2D eigenvalue weighted by molar-refractivity contribution is -0.153. The number of hydrogen-bond donors (Lipinski definition) is 3. The molecule has 0 radical (unpaired) electrons. The van der Waals surface area contributed by atoms with E-state index < -0.39 is 24.0 Å². The smallest absolute Gasteiger partial charge is 0.312 e. The molecule has 3 amide bonds. The molecule has 0 bridgehead atoms. The van der Waals surface area contributed by atoms with Crippen LogP contribution < -0.4 is 16.4 Å². The molecule has 1 aromatic rings. The van der Waals surface area contributed by atoms with E-state index in [1.165, 1.54) is 13.8 Å². The first-order valence-electron chi connectivity index (χ1n) is 6.95. The number of primary amides is 1. The normalized spacial score (nSPS) is 11.2. The number of benzene rings is 1. The van der Waals surface area contributed by atoms with Crippen molar-refractivity contribution in [3.8, 4) is 0 Å². The molecule has 0 aliphatic carbocycles. The summed E-state index contributed by atoms with van der Waals surface area (Å²) in [5, 5.41) is 4.78. The number of carbonyl (C=O) groups excluding carboxylic acids is 4.